The van der Waals surface area contributed by atoms with Crippen LogP contribution in [-0.4, -0.2) is 27.9 Å². The fourth-order valence-electron chi connectivity index (χ4n) is 2.38. The third kappa shape index (κ3) is 3.22. The lowest BCUT2D eigenvalue weighted by molar-refractivity contribution is 0.167. The summed E-state index contributed by atoms with van der Waals surface area (Å²) in [4.78, 5) is 0. The van der Waals surface area contributed by atoms with E-state index in [4.69, 9.17) is 24.8 Å². The number of benzene rings is 1. The van der Waals surface area contributed by atoms with Gasteiger partial charge in [0.2, 0.25) is 0 Å². The predicted octanol–water partition coefficient (Wildman–Crippen LogP) is 1.91. The lowest BCUT2D eigenvalue weighted by Crippen LogP contribution is -2.31. The molecule has 6 heteroatoms. The third-order valence-electron chi connectivity index (χ3n) is 3.46. The average molecular weight is 294 g/mol. The van der Waals surface area contributed by atoms with E-state index in [1.165, 1.54) is 0 Å². The van der Waals surface area contributed by atoms with E-state index in [1.54, 1.807) is 27.4 Å². The minimum absolute atomic E-state index is 0.292. The monoisotopic (exact) mass is 294 g/mol. The van der Waals surface area contributed by atoms with Crippen molar-refractivity contribution in [1.82, 2.24) is 5.43 Å². The highest BCUT2D eigenvalue weighted by Crippen LogP contribution is 2.39. The molecule has 0 spiro atoms. The number of hydrogen-bond acceptors (Lipinski definition) is 6. The number of nitrogens with one attached hydrogen (secondary N) is 1. The van der Waals surface area contributed by atoms with Crippen molar-refractivity contribution in [2.24, 2.45) is 5.84 Å². The summed E-state index contributed by atoms with van der Waals surface area (Å²) in [6.45, 7) is 0.694. The zero-order valence-corrected chi connectivity index (χ0v) is 12.6. The highest BCUT2D eigenvalue weighted by atomic mass is 16.5. The summed E-state index contributed by atoms with van der Waals surface area (Å²) in [5.41, 5.74) is 3.62. The highest BCUT2D eigenvalue weighted by Gasteiger charge is 2.24. The van der Waals surface area contributed by atoms with E-state index < -0.39 is 0 Å². The van der Waals surface area contributed by atoms with Crippen molar-refractivity contribution in [3.63, 3.8) is 0 Å². The van der Waals surface area contributed by atoms with Crippen LogP contribution >= 0.6 is 0 Å². The van der Waals surface area contributed by atoms with Gasteiger partial charge in [-0.1, -0.05) is 0 Å². The Morgan fingerprint density at radius 3 is 2.29 bits per heavy atom. The van der Waals surface area contributed by atoms with Crippen LogP contribution in [-0.2, 0) is 4.74 Å². The maximum Gasteiger partial charge on any atom is 0.164 e. The Bertz CT molecular complexity index is 517. The summed E-state index contributed by atoms with van der Waals surface area (Å²) < 4.78 is 21.8. The first-order valence-electron chi connectivity index (χ1n) is 6.84. The van der Waals surface area contributed by atoms with Crippen LogP contribution < -0.4 is 25.5 Å². The summed E-state index contributed by atoms with van der Waals surface area (Å²) in [6, 6.07) is 3.34. The fraction of sp³-hybridized carbons (Fsp3) is 0.467. The molecule has 3 N–H and O–H groups in total. The Morgan fingerprint density at radius 1 is 1.10 bits per heavy atom. The molecule has 1 aliphatic rings. The normalized spacial score (nSPS) is 15.7. The zero-order valence-electron chi connectivity index (χ0n) is 12.6. The lowest BCUT2D eigenvalue weighted by atomic mass is 10.0. The van der Waals surface area contributed by atoms with Crippen LogP contribution in [0.4, 0.5) is 0 Å². The van der Waals surface area contributed by atoms with Crippen LogP contribution in [0.2, 0.25) is 0 Å². The molecule has 1 aromatic carbocycles. The second-order valence-electron chi connectivity index (χ2n) is 4.65. The Hall–Kier alpha value is -1.92. The van der Waals surface area contributed by atoms with Gasteiger partial charge in [-0.15, -0.1) is 0 Å². The first-order valence-corrected chi connectivity index (χ1v) is 6.84. The summed E-state index contributed by atoms with van der Waals surface area (Å²) in [5.74, 6) is 8.40. The molecule has 1 unspecified atom stereocenters. The molecule has 2 rings (SSSR count). The molecule has 0 saturated heterocycles. The van der Waals surface area contributed by atoms with Crippen LogP contribution in [0.1, 0.15) is 24.4 Å². The van der Waals surface area contributed by atoms with Crippen LogP contribution in [0.15, 0.2) is 24.0 Å². The van der Waals surface area contributed by atoms with Crippen molar-refractivity contribution >= 4 is 0 Å². The quantitative estimate of drug-likeness (QED) is 0.616. The molecule has 0 radical (unpaired) electrons. The maximum absolute atomic E-state index is 5.72. The molecule has 6 nitrogen and oxygen atoms in total. The molecule has 0 amide bonds. The molecule has 1 heterocycles. The van der Waals surface area contributed by atoms with E-state index in [1.807, 2.05) is 12.1 Å². The second kappa shape index (κ2) is 7.19. The van der Waals surface area contributed by atoms with Crippen molar-refractivity contribution in [2.45, 2.75) is 18.9 Å². The Labute approximate surface area is 124 Å². The molecule has 0 saturated carbocycles. The van der Waals surface area contributed by atoms with Crippen LogP contribution in [0.25, 0.3) is 0 Å². The SMILES string of the molecule is COc1cc(OC)c(C(NN)C2=CCCCO2)cc1OC. The molecular formula is C15H22N2O4. The van der Waals surface area contributed by atoms with Crippen LogP contribution in [0.3, 0.4) is 0 Å². The topological polar surface area (TPSA) is 75.0 Å². The summed E-state index contributed by atoms with van der Waals surface area (Å²) in [5, 5.41) is 0. The molecule has 0 fully saturated rings. The zero-order chi connectivity index (χ0) is 15.2. The minimum atomic E-state index is -0.292. The van der Waals surface area contributed by atoms with Gasteiger partial charge in [-0.3, -0.25) is 5.84 Å². The Morgan fingerprint density at radius 2 is 1.76 bits per heavy atom. The Balaban J connectivity index is 2.46. The van der Waals surface area contributed by atoms with Crippen LogP contribution in [0.5, 0.6) is 17.2 Å². The smallest absolute Gasteiger partial charge is 0.164 e. The van der Waals surface area contributed by atoms with Gasteiger partial charge in [0.1, 0.15) is 17.6 Å². The molecule has 21 heavy (non-hydrogen) atoms. The van der Waals surface area contributed by atoms with Gasteiger partial charge in [-0.25, -0.2) is 5.43 Å². The third-order valence-corrected chi connectivity index (χ3v) is 3.46. The van der Waals surface area contributed by atoms with Crippen LogP contribution in [0, 0.1) is 0 Å². The van der Waals surface area contributed by atoms with E-state index >= 15 is 0 Å². The molecule has 0 aliphatic carbocycles. The molecule has 0 bridgehead atoms. The van der Waals surface area contributed by atoms with Gasteiger partial charge in [0.15, 0.2) is 11.5 Å². The summed E-state index contributed by atoms with van der Waals surface area (Å²) in [7, 11) is 4.78. The van der Waals surface area contributed by atoms with Gasteiger partial charge < -0.3 is 18.9 Å². The van der Waals surface area contributed by atoms with Gasteiger partial charge in [0, 0.05) is 11.6 Å². The standard InChI is InChI=1S/C15H22N2O4/c1-18-12-9-14(20-3)13(19-2)8-10(12)15(17-16)11-6-4-5-7-21-11/h6,8-9,15,17H,4-5,7,16H2,1-3H3. The van der Waals surface area contributed by atoms with E-state index in [-0.39, 0.29) is 6.04 Å². The number of allylic oxidation sites excluding steroid dienone is 1. The molecular weight excluding hydrogens is 272 g/mol. The molecule has 0 aromatic heterocycles. The maximum atomic E-state index is 5.72. The predicted molar refractivity (Wildman–Crippen MR) is 79.4 cm³/mol. The van der Waals surface area contributed by atoms with E-state index in [0.29, 0.717) is 23.9 Å². The van der Waals surface area contributed by atoms with Crippen molar-refractivity contribution in [3.8, 4) is 17.2 Å². The van der Waals surface area contributed by atoms with E-state index in [2.05, 4.69) is 5.43 Å². The second-order valence-corrected chi connectivity index (χ2v) is 4.65. The molecule has 1 aliphatic heterocycles. The summed E-state index contributed by atoms with van der Waals surface area (Å²) in [6.07, 6.45) is 4.04. The number of ether oxygens (including phenoxy) is 4. The van der Waals surface area contributed by atoms with Gasteiger partial charge in [0.05, 0.1) is 27.9 Å². The number of hydrazine groups is 1. The van der Waals surface area contributed by atoms with Gasteiger partial charge >= 0.3 is 0 Å². The summed E-state index contributed by atoms with van der Waals surface area (Å²) >= 11 is 0. The number of hydrogen-bond donors (Lipinski definition) is 2. The average Bonchev–Trinajstić information content (AvgIpc) is 2.56. The molecule has 116 valence electrons. The Kier molecular flexibility index (Phi) is 5.30. The molecule has 1 atom stereocenters. The van der Waals surface area contributed by atoms with Crippen molar-refractivity contribution < 1.29 is 18.9 Å². The lowest BCUT2D eigenvalue weighted by Gasteiger charge is -2.25. The molecule has 1 aromatic rings. The van der Waals surface area contributed by atoms with Gasteiger partial charge in [-0.05, 0) is 25.0 Å². The van der Waals surface area contributed by atoms with Crippen molar-refractivity contribution in [2.75, 3.05) is 27.9 Å². The highest BCUT2D eigenvalue weighted by molar-refractivity contribution is 5.53. The largest absolute Gasteiger partial charge is 0.496 e. The van der Waals surface area contributed by atoms with E-state index in [9.17, 15) is 0 Å². The fourth-order valence-corrected chi connectivity index (χ4v) is 2.38. The first-order chi connectivity index (χ1) is 10.2. The van der Waals surface area contributed by atoms with Crippen molar-refractivity contribution in [3.05, 3.63) is 29.5 Å². The number of rotatable bonds is 6. The van der Waals surface area contributed by atoms with Gasteiger partial charge in [0.25, 0.3) is 0 Å². The van der Waals surface area contributed by atoms with Gasteiger partial charge in [-0.2, -0.15) is 0 Å². The van der Waals surface area contributed by atoms with Crippen molar-refractivity contribution in [1.29, 1.82) is 0 Å². The number of nitrogens with two attached hydrogens (primary N) is 1. The first kappa shape index (κ1) is 15.5. The minimum Gasteiger partial charge on any atom is -0.496 e. The number of methoxy groups -OCH3 is 3. The van der Waals surface area contributed by atoms with E-state index in [0.717, 1.165) is 24.2 Å².